The summed E-state index contributed by atoms with van der Waals surface area (Å²) in [6.45, 7) is 7.88. The fourth-order valence-electron chi connectivity index (χ4n) is 2.85. The van der Waals surface area contributed by atoms with Gasteiger partial charge in [-0.25, -0.2) is 4.79 Å². The fraction of sp³-hybridized carbons (Fsp3) is 0.864. The lowest BCUT2D eigenvalue weighted by Crippen LogP contribution is -2.27. The van der Waals surface area contributed by atoms with Gasteiger partial charge in [-0.3, -0.25) is 5.73 Å². The monoisotopic (exact) mass is 353 g/mol. The Bertz CT molecular complexity index is 359. The topological polar surface area (TPSA) is 52.3 Å². The Labute approximate surface area is 156 Å². The van der Waals surface area contributed by atoms with E-state index in [1.54, 1.807) is 6.92 Å². The van der Waals surface area contributed by atoms with Crippen LogP contribution in [0.4, 0.5) is 0 Å². The molecule has 0 amide bonds. The number of allylic oxidation sites excluding steroid dienone is 1. The van der Waals surface area contributed by atoms with Gasteiger partial charge < -0.3 is 4.74 Å². The normalized spacial score (nSPS) is 12.0. The van der Waals surface area contributed by atoms with Gasteiger partial charge in [0, 0.05) is 5.57 Å². The third-order valence-electron chi connectivity index (χ3n) is 4.91. The van der Waals surface area contributed by atoms with Crippen LogP contribution in [0.5, 0.6) is 0 Å². The SMILES string of the molecule is CCCCCCCCCCCCCCCC(N)OC(=O)C(C)=C(C)C. The van der Waals surface area contributed by atoms with E-state index < -0.39 is 6.23 Å². The molecule has 0 aliphatic heterocycles. The maximum Gasteiger partial charge on any atom is 0.335 e. The summed E-state index contributed by atoms with van der Waals surface area (Å²) in [6.07, 6.45) is 17.7. The zero-order chi connectivity index (χ0) is 18.9. The molecule has 0 fully saturated rings. The Morgan fingerprint density at radius 3 is 1.56 bits per heavy atom. The van der Waals surface area contributed by atoms with E-state index in [0.717, 1.165) is 18.4 Å². The number of nitrogens with two attached hydrogens (primary N) is 1. The van der Waals surface area contributed by atoms with Crippen molar-refractivity contribution in [3.63, 3.8) is 0 Å². The smallest absolute Gasteiger partial charge is 0.335 e. The minimum absolute atomic E-state index is 0.276. The molecule has 0 spiro atoms. The number of hydrogen-bond donors (Lipinski definition) is 1. The summed E-state index contributed by atoms with van der Waals surface area (Å²) in [5.74, 6) is -0.276. The summed E-state index contributed by atoms with van der Waals surface area (Å²) in [7, 11) is 0. The van der Waals surface area contributed by atoms with Crippen LogP contribution in [-0.4, -0.2) is 12.2 Å². The van der Waals surface area contributed by atoms with Gasteiger partial charge in [-0.05, 0) is 33.6 Å². The van der Waals surface area contributed by atoms with Gasteiger partial charge >= 0.3 is 5.97 Å². The summed E-state index contributed by atoms with van der Waals surface area (Å²) in [4.78, 5) is 11.8. The summed E-state index contributed by atoms with van der Waals surface area (Å²) in [5, 5.41) is 0. The van der Waals surface area contributed by atoms with Crippen LogP contribution in [0, 0.1) is 0 Å². The number of carbonyl (C=O) groups excluding carboxylic acids is 1. The highest BCUT2D eigenvalue weighted by Crippen LogP contribution is 2.14. The van der Waals surface area contributed by atoms with Gasteiger partial charge in [0.15, 0.2) is 6.23 Å². The van der Waals surface area contributed by atoms with Crippen LogP contribution < -0.4 is 5.73 Å². The number of carbonyl (C=O) groups is 1. The first-order valence-electron chi connectivity index (χ1n) is 10.6. The minimum Gasteiger partial charge on any atom is -0.443 e. The first kappa shape index (κ1) is 24.2. The summed E-state index contributed by atoms with van der Waals surface area (Å²) in [6, 6.07) is 0. The molecule has 3 nitrogen and oxygen atoms in total. The van der Waals surface area contributed by atoms with Crippen molar-refractivity contribution in [1.29, 1.82) is 0 Å². The molecule has 0 aromatic carbocycles. The molecule has 148 valence electrons. The predicted octanol–water partition coefficient (Wildman–Crippen LogP) is 6.65. The highest BCUT2D eigenvalue weighted by molar-refractivity contribution is 5.88. The number of rotatable bonds is 16. The van der Waals surface area contributed by atoms with Crippen molar-refractivity contribution in [2.75, 3.05) is 0 Å². The van der Waals surface area contributed by atoms with Crippen LogP contribution in [0.2, 0.25) is 0 Å². The van der Waals surface area contributed by atoms with E-state index in [0.29, 0.717) is 5.57 Å². The molecule has 1 unspecified atom stereocenters. The van der Waals surface area contributed by atoms with Crippen molar-refractivity contribution in [2.45, 2.75) is 124 Å². The van der Waals surface area contributed by atoms with E-state index in [1.807, 2.05) is 13.8 Å². The third-order valence-corrected chi connectivity index (χ3v) is 4.91. The van der Waals surface area contributed by atoms with Crippen molar-refractivity contribution in [3.8, 4) is 0 Å². The lowest BCUT2D eigenvalue weighted by molar-refractivity contribution is -0.144. The Kier molecular flexibility index (Phi) is 16.1. The molecule has 0 heterocycles. The van der Waals surface area contributed by atoms with Gasteiger partial charge in [0.25, 0.3) is 0 Å². The first-order valence-corrected chi connectivity index (χ1v) is 10.6. The number of esters is 1. The quantitative estimate of drug-likeness (QED) is 0.146. The molecule has 0 aromatic heterocycles. The molecule has 0 bridgehead atoms. The highest BCUT2D eigenvalue weighted by atomic mass is 16.6. The molecular weight excluding hydrogens is 310 g/mol. The Hall–Kier alpha value is -0.830. The summed E-state index contributed by atoms with van der Waals surface area (Å²) >= 11 is 0. The van der Waals surface area contributed by atoms with Crippen molar-refractivity contribution >= 4 is 5.97 Å². The number of unbranched alkanes of at least 4 members (excludes halogenated alkanes) is 12. The second kappa shape index (κ2) is 16.6. The van der Waals surface area contributed by atoms with Crippen LogP contribution in [0.1, 0.15) is 118 Å². The van der Waals surface area contributed by atoms with E-state index in [4.69, 9.17) is 10.5 Å². The van der Waals surface area contributed by atoms with Gasteiger partial charge in [-0.1, -0.05) is 89.5 Å². The van der Waals surface area contributed by atoms with Crippen molar-refractivity contribution in [2.24, 2.45) is 5.73 Å². The van der Waals surface area contributed by atoms with Crippen molar-refractivity contribution in [3.05, 3.63) is 11.1 Å². The molecule has 1 atom stereocenters. The third kappa shape index (κ3) is 15.2. The van der Waals surface area contributed by atoms with Gasteiger partial charge in [-0.15, -0.1) is 0 Å². The molecule has 0 radical (unpaired) electrons. The van der Waals surface area contributed by atoms with Crippen LogP contribution >= 0.6 is 0 Å². The van der Waals surface area contributed by atoms with E-state index in [2.05, 4.69) is 6.92 Å². The molecule has 0 saturated heterocycles. The predicted molar refractivity (Wildman–Crippen MR) is 108 cm³/mol. The van der Waals surface area contributed by atoms with Crippen LogP contribution in [-0.2, 0) is 9.53 Å². The Morgan fingerprint density at radius 1 is 0.760 bits per heavy atom. The lowest BCUT2D eigenvalue weighted by Gasteiger charge is -2.13. The molecule has 2 N–H and O–H groups in total. The average molecular weight is 354 g/mol. The summed E-state index contributed by atoms with van der Waals surface area (Å²) < 4.78 is 5.26. The molecule has 25 heavy (non-hydrogen) atoms. The Morgan fingerprint density at radius 2 is 1.16 bits per heavy atom. The zero-order valence-corrected chi connectivity index (χ0v) is 17.4. The fourth-order valence-corrected chi connectivity index (χ4v) is 2.85. The van der Waals surface area contributed by atoms with Crippen LogP contribution in [0.25, 0.3) is 0 Å². The van der Waals surface area contributed by atoms with E-state index in [1.165, 1.54) is 77.0 Å². The second-order valence-electron chi connectivity index (χ2n) is 7.60. The van der Waals surface area contributed by atoms with Crippen molar-refractivity contribution < 1.29 is 9.53 Å². The molecule has 3 heteroatoms. The van der Waals surface area contributed by atoms with Crippen LogP contribution in [0.15, 0.2) is 11.1 Å². The van der Waals surface area contributed by atoms with Gasteiger partial charge in [0.2, 0.25) is 0 Å². The zero-order valence-electron chi connectivity index (χ0n) is 17.4. The standard InChI is InChI=1S/C22H43NO2/c1-5-6-7-8-9-10-11-12-13-14-15-16-17-18-21(23)25-22(24)20(4)19(2)3/h21H,5-18,23H2,1-4H3. The van der Waals surface area contributed by atoms with Gasteiger partial charge in [-0.2, -0.15) is 0 Å². The number of hydrogen-bond acceptors (Lipinski definition) is 3. The molecule has 0 rings (SSSR count). The van der Waals surface area contributed by atoms with Crippen molar-refractivity contribution in [1.82, 2.24) is 0 Å². The van der Waals surface area contributed by atoms with E-state index >= 15 is 0 Å². The average Bonchev–Trinajstić information content (AvgIpc) is 2.58. The van der Waals surface area contributed by atoms with Gasteiger partial charge in [0.05, 0.1) is 0 Å². The number of ether oxygens (including phenoxy) is 1. The Balaban J connectivity index is 3.38. The molecular formula is C22H43NO2. The first-order chi connectivity index (χ1) is 12.0. The van der Waals surface area contributed by atoms with Gasteiger partial charge in [0.1, 0.15) is 0 Å². The lowest BCUT2D eigenvalue weighted by atomic mass is 10.0. The van der Waals surface area contributed by atoms with E-state index in [9.17, 15) is 4.79 Å². The van der Waals surface area contributed by atoms with Crippen LogP contribution in [0.3, 0.4) is 0 Å². The maximum atomic E-state index is 11.8. The second-order valence-corrected chi connectivity index (χ2v) is 7.60. The van der Waals surface area contributed by atoms with E-state index in [-0.39, 0.29) is 5.97 Å². The largest absolute Gasteiger partial charge is 0.443 e. The summed E-state index contributed by atoms with van der Waals surface area (Å²) in [5.41, 5.74) is 7.54. The molecule has 0 saturated carbocycles. The molecule has 0 aliphatic rings. The molecule has 0 aromatic rings. The molecule has 0 aliphatic carbocycles. The highest BCUT2D eigenvalue weighted by Gasteiger charge is 2.12. The maximum absolute atomic E-state index is 11.8. The minimum atomic E-state index is -0.463.